The first-order valence-corrected chi connectivity index (χ1v) is 9.79. The van der Waals surface area contributed by atoms with Gasteiger partial charge in [-0.05, 0) is 37.7 Å². The molecule has 0 heterocycles. The maximum atomic E-state index is 12.6. The second kappa shape index (κ2) is 9.53. The average molecular weight is 374 g/mol. The molecule has 2 rings (SSSR count). The molecule has 0 aliphatic heterocycles. The molecule has 0 saturated heterocycles. The number of benzene rings is 1. The van der Waals surface area contributed by atoms with Gasteiger partial charge in [0.15, 0.2) is 5.54 Å². The zero-order valence-corrected chi connectivity index (χ0v) is 16.2. The number of carbonyl (C=O) groups excluding carboxylic acids is 2. The molecule has 27 heavy (non-hydrogen) atoms. The molecule has 2 amide bonds. The summed E-state index contributed by atoms with van der Waals surface area (Å²) in [6, 6.07) is 7.85. The Labute approximate surface area is 160 Å². The molecule has 3 N–H and O–H groups in total. The summed E-state index contributed by atoms with van der Waals surface area (Å²) >= 11 is 0. The van der Waals surface area contributed by atoms with Crippen molar-refractivity contribution in [2.24, 2.45) is 5.92 Å². The van der Waals surface area contributed by atoms with Gasteiger partial charge in [-0.25, -0.2) is 4.79 Å². The van der Waals surface area contributed by atoms with Gasteiger partial charge in [0.05, 0.1) is 0 Å². The maximum absolute atomic E-state index is 12.6. The van der Waals surface area contributed by atoms with Gasteiger partial charge in [0.1, 0.15) is 6.04 Å². The van der Waals surface area contributed by atoms with E-state index in [0.29, 0.717) is 17.9 Å². The Kier molecular flexibility index (Phi) is 7.39. The second-order valence-corrected chi connectivity index (χ2v) is 7.42. The number of hydrogen-bond acceptors (Lipinski definition) is 3. The summed E-state index contributed by atoms with van der Waals surface area (Å²) in [4.78, 5) is 36.9. The summed E-state index contributed by atoms with van der Waals surface area (Å²) in [7, 11) is 0. The van der Waals surface area contributed by atoms with Crippen molar-refractivity contribution in [3.8, 4) is 0 Å². The van der Waals surface area contributed by atoms with Crippen molar-refractivity contribution < 1.29 is 19.5 Å². The minimum absolute atomic E-state index is 0.151. The lowest BCUT2D eigenvalue weighted by Gasteiger charge is -2.31. The highest BCUT2D eigenvalue weighted by Crippen LogP contribution is 2.27. The van der Waals surface area contributed by atoms with Gasteiger partial charge >= 0.3 is 5.97 Å². The normalized spacial score (nSPS) is 18.1. The largest absolute Gasteiger partial charge is 0.479 e. The molecule has 1 aromatic rings. The molecule has 0 spiro atoms. The first-order valence-electron chi connectivity index (χ1n) is 9.79. The first-order chi connectivity index (χ1) is 12.9. The Bertz CT molecular complexity index is 655. The van der Waals surface area contributed by atoms with E-state index in [0.717, 1.165) is 25.7 Å². The molecule has 2 atom stereocenters. The van der Waals surface area contributed by atoms with Gasteiger partial charge in [0.2, 0.25) is 11.8 Å². The summed E-state index contributed by atoms with van der Waals surface area (Å²) in [6.07, 6.45) is 6.27. The van der Waals surface area contributed by atoms with E-state index >= 15 is 0 Å². The Hall–Kier alpha value is -2.37. The lowest BCUT2D eigenvalue weighted by Crippen LogP contribution is -2.56. The average Bonchev–Trinajstić information content (AvgIpc) is 2.67. The minimum atomic E-state index is -1.51. The third-order valence-electron chi connectivity index (χ3n) is 5.47. The van der Waals surface area contributed by atoms with E-state index in [9.17, 15) is 19.5 Å². The van der Waals surface area contributed by atoms with Gasteiger partial charge in [-0.2, -0.15) is 0 Å². The van der Waals surface area contributed by atoms with Crippen molar-refractivity contribution in [2.75, 3.05) is 0 Å². The van der Waals surface area contributed by atoms with E-state index in [1.807, 2.05) is 0 Å². The highest BCUT2D eigenvalue weighted by atomic mass is 16.4. The molecule has 0 radical (unpaired) electrons. The number of aliphatic carboxylic acids is 1. The Morgan fingerprint density at radius 2 is 1.78 bits per heavy atom. The number of amides is 2. The number of carboxylic acid groups (broad SMARTS) is 1. The molecular formula is C21H30N2O4. The van der Waals surface area contributed by atoms with Crippen LogP contribution in [0.1, 0.15) is 64.4 Å². The van der Waals surface area contributed by atoms with Crippen LogP contribution in [0.5, 0.6) is 0 Å². The molecule has 148 valence electrons. The summed E-state index contributed by atoms with van der Waals surface area (Å²) in [6.45, 7) is 3.30. The van der Waals surface area contributed by atoms with Gasteiger partial charge < -0.3 is 15.7 Å². The Balaban J connectivity index is 2.01. The number of rotatable bonds is 8. The number of hydrogen-bond donors (Lipinski definition) is 3. The third-order valence-corrected chi connectivity index (χ3v) is 5.47. The quantitative estimate of drug-likeness (QED) is 0.652. The fraction of sp³-hybridized carbons (Fsp3) is 0.571. The Morgan fingerprint density at radius 3 is 2.33 bits per heavy atom. The molecule has 2 unspecified atom stereocenters. The number of carbonyl (C=O) groups is 3. The van der Waals surface area contributed by atoms with Gasteiger partial charge in [-0.1, -0.05) is 56.5 Å². The molecule has 1 aromatic carbocycles. The summed E-state index contributed by atoms with van der Waals surface area (Å²) in [5, 5.41) is 15.2. The zero-order valence-electron chi connectivity index (χ0n) is 16.2. The van der Waals surface area contributed by atoms with Crippen molar-refractivity contribution in [1.82, 2.24) is 10.6 Å². The van der Waals surface area contributed by atoms with E-state index in [1.165, 1.54) is 6.42 Å². The molecule has 1 saturated carbocycles. The van der Waals surface area contributed by atoms with Crippen LogP contribution in [0.3, 0.4) is 0 Å². The fourth-order valence-corrected chi connectivity index (χ4v) is 3.75. The van der Waals surface area contributed by atoms with Crippen LogP contribution in [0, 0.1) is 5.92 Å². The van der Waals surface area contributed by atoms with Gasteiger partial charge in [0, 0.05) is 6.42 Å². The molecule has 1 aliphatic rings. The first kappa shape index (κ1) is 20.9. The van der Waals surface area contributed by atoms with E-state index in [1.54, 1.807) is 44.2 Å². The highest BCUT2D eigenvalue weighted by molar-refractivity contribution is 5.92. The summed E-state index contributed by atoms with van der Waals surface area (Å²) < 4.78 is 0. The lowest BCUT2D eigenvalue weighted by molar-refractivity contribution is -0.148. The SMILES string of the molecule is CCC(NC(=O)C(C)NC(=O)CC1CCCCC1)(C(=O)O)c1ccccc1. The highest BCUT2D eigenvalue weighted by Gasteiger charge is 2.41. The summed E-state index contributed by atoms with van der Waals surface area (Å²) in [5.41, 5.74) is -1.00. The van der Waals surface area contributed by atoms with Gasteiger partial charge in [-0.3, -0.25) is 9.59 Å². The number of carboxylic acids is 1. The Morgan fingerprint density at radius 1 is 1.15 bits per heavy atom. The molecule has 6 nitrogen and oxygen atoms in total. The van der Waals surface area contributed by atoms with Crippen LogP contribution in [0.15, 0.2) is 30.3 Å². The molecule has 1 fully saturated rings. The van der Waals surface area contributed by atoms with Crippen molar-refractivity contribution in [2.45, 2.75) is 70.4 Å². The van der Waals surface area contributed by atoms with Crippen molar-refractivity contribution >= 4 is 17.8 Å². The van der Waals surface area contributed by atoms with Gasteiger partial charge in [-0.15, -0.1) is 0 Å². The van der Waals surface area contributed by atoms with Gasteiger partial charge in [0.25, 0.3) is 0 Å². The van der Waals surface area contributed by atoms with Crippen LogP contribution < -0.4 is 10.6 Å². The third kappa shape index (κ3) is 5.31. The van der Waals surface area contributed by atoms with Crippen molar-refractivity contribution in [3.05, 3.63) is 35.9 Å². The fourth-order valence-electron chi connectivity index (χ4n) is 3.75. The lowest BCUT2D eigenvalue weighted by atomic mass is 9.86. The van der Waals surface area contributed by atoms with E-state index in [2.05, 4.69) is 10.6 Å². The number of nitrogens with one attached hydrogen (secondary N) is 2. The summed E-state index contributed by atoms with van der Waals surface area (Å²) in [5.74, 6) is -1.39. The molecule has 0 bridgehead atoms. The van der Waals surface area contributed by atoms with Crippen molar-refractivity contribution in [1.29, 1.82) is 0 Å². The molecular weight excluding hydrogens is 344 g/mol. The second-order valence-electron chi connectivity index (χ2n) is 7.42. The van der Waals surface area contributed by atoms with Crippen molar-refractivity contribution in [3.63, 3.8) is 0 Å². The smallest absolute Gasteiger partial charge is 0.334 e. The molecule has 1 aliphatic carbocycles. The molecule has 0 aromatic heterocycles. The predicted octanol–water partition coefficient (Wildman–Crippen LogP) is 2.97. The monoisotopic (exact) mass is 374 g/mol. The van der Waals surface area contributed by atoms with Crippen LogP contribution in [0.4, 0.5) is 0 Å². The van der Waals surface area contributed by atoms with E-state index < -0.39 is 23.5 Å². The van der Waals surface area contributed by atoms with Crippen LogP contribution in [-0.2, 0) is 19.9 Å². The van der Waals surface area contributed by atoms with Crippen LogP contribution in [0.2, 0.25) is 0 Å². The minimum Gasteiger partial charge on any atom is -0.479 e. The maximum Gasteiger partial charge on any atom is 0.334 e. The zero-order chi connectivity index (χ0) is 19.9. The molecule has 6 heteroatoms. The predicted molar refractivity (Wildman–Crippen MR) is 103 cm³/mol. The topological polar surface area (TPSA) is 95.5 Å². The van der Waals surface area contributed by atoms with Crippen LogP contribution >= 0.6 is 0 Å². The van der Waals surface area contributed by atoms with E-state index in [-0.39, 0.29) is 12.3 Å². The standard InChI is InChI=1S/C21H30N2O4/c1-3-21(20(26)27,17-12-8-5-9-13-17)23-19(25)15(2)22-18(24)14-16-10-6-4-7-11-16/h5,8-9,12-13,15-16H,3-4,6-7,10-11,14H2,1-2H3,(H,22,24)(H,23,25)(H,26,27). The van der Waals surface area contributed by atoms with E-state index in [4.69, 9.17) is 0 Å². The van der Waals surface area contributed by atoms with Crippen LogP contribution in [-0.4, -0.2) is 28.9 Å². The van der Waals surface area contributed by atoms with Crippen LogP contribution in [0.25, 0.3) is 0 Å².